The number of thioether (sulfide) groups is 1. The van der Waals surface area contributed by atoms with Crippen molar-refractivity contribution in [2.45, 2.75) is 18.3 Å². The molecule has 0 aliphatic rings. The minimum absolute atomic E-state index is 0.0103. The number of aromatic nitrogens is 4. The molecule has 11 heteroatoms. The first-order chi connectivity index (χ1) is 13.3. The molecule has 0 unspecified atom stereocenters. The molecule has 3 aromatic rings. The first-order valence-electron chi connectivity index (χ1n) is 7.89. The number of alkyl halides is 3. The standard InChI is InChI=1S/C17H13ClF3N5OS/c1-10-4-2-3-5-14(10)26-16(23-24-25-26)28-9-15(27)22-13-8-11(17(19,20)21)6-7-12(13)18/h2-8H,9H2,1H3,(H,22,27). The Balaban J connectivity index is 1.70. The third-order valence-electron chi connectivity index (χ3n) is 3.68. The molecular formula is C17H13ClF3N5OS. The predicted molar refractivity (Wildman–Crippen MR) is 99.7 cm³/mol. The van der Waals surface area contributed by atoms with E-state index in [1.807, 2.05) is 31.2 Å². The minimum atomic E-state index is -4.53. The average molecular weight is 428 g/mol. The van der Waals surface area contributed by atoms with Crippen LogP contribution in [0.15, 0.2) is 47.6 Å². The molecule has 0 saturated heterocycles. The molecule has 0 aliphatic carbocycles. The van der Waals surface area contributed by atoms with Crippen LogP contribution in [0.5, 0.6) is 0 Å². The lowest BCUT2D eigenvalue weighted by Gasteiger charge is -2.11. The monoisotopic (exact) mass is 427 g/mol. The summed E-state index contributed by atoms with van der Waals surface area (Å²) in [5, 5.41) is 14.2. The molecular weight excluding hydrogens is 415 g/mol. The quantitative estimate of drug-likeness (QED) is 0.612. The second kappa shape index (κ2) is 8.19. The van der Waals surface area contributed by atoms with E-state index in [2.05, 4.69) is 20.8 Å². The van der Waals surface area contributed by atoms with E-state index >= 15 is 0 Å². The highest BCUT2D eigenvalue weighted by molar-refractivity contribution is 7.99. The maximum Gasteiger partial charge on any atom is 0.416 e. The summed E-state index contributed by atoms with van der Waals surface area (Å²) in [6.07, 6.45) is -4.53. The van der Waals surface area contributed by atoms with Crippen molar-refractivity contribution in [3.8, 4) is 5.69 Å². The Morgan fingerprint density at radius 3 is 2.71 bits per heavy atom. The van der Waals surface area contributed by atoms with Gasteiger partial charge >= 0.3 is 6.18 Å². The van der Waals surface area contributed by atoms with Gasteiger partial charge in [0.2, 0.25) is 11.1 Å². The third kappa shape index (κ3) is 4.63. The fraction of sp³-hybridized carbons (Fsp3) is 0.176. The van der Waals surface area contributed by atoms with Crippen molar-refractivity contribution in [2.24, 2.45) is 0 Å². The molecule has 3 rings (SSSR count). The van der Waals surface area contributed by atoms with E-state index in [1.165, 1.54) is 4.68 Å². The lowest BCUT2D eigenvalue weighted by atomic mass is 10.2. The molecule has 1 aromatic heterocycles. The Hall–Kier alpha value is -2.59. The molecule has 0 aliphatic heterocycles. The summed E-state index contributed by atoms with van der Waals surface area (Å²) < 4.78 is 40.0. The first-order valence-corrected chi connectivity index (χ1v) is 9.26. The summed E-state index contributed by atoms with van der Waals surface area (Å²) in [5.41, 5.74) is 0.692. The van der Waals surface area contributed by atoms with E-state index in [0.717, 1.165) is 41.2 Å². The number of hydrogen-bond acceptors (Lipinski definition) is 5. The van der Waals surface area contributed by atoms with Gasteiger partial charge in [-0.1, -0.05) is 41.6 Å². The lowest BCUT2D eigenvalue weighted by Crippen LogP contribution is -2.16. The molecule has 0 spiro atoms. The number of benzene rings is 2. The Labute approximate surface area is 167 Å². The zero-order chi connectivity index (χ0) is 20.3. The average Bonchev–Trinajstić information content (AvgIpc) is 3.09. The number of tetrazole rings is 1. The Bertz CT molecular complexity index is 1010. The topological polar surface area (TPSA) is 72.7 Å². The lowest BCUT2D eigenvalue weighted by molar-refractivity contribution is -0.137. The van der Waals surface area contributed by atoms with E-state index in [4.69, 9.17) is 11.6 Å². The van der Waals surface area contributed by atoms with Crippen molar-refractivity contribution < 1.29 is 18.0 Å². The Morgan fingerprint density at radius 2 is 2.00 bits per heavy atom. The molecule has 0 atom stereocenters. The van der Waals surface area contributed by atoms with Crippen molar-refractivity contribution in [3.05, 3.63) is 58.6 Å². The molecule has 1 amide bonds. The molecule has 146 valence electrons. The van der Waals surface area contributed by atoms with E-state index in [1.54, 1.807) is 0 Å². The van der Waals surface area contributed by atoms with Crippen molar-refractivity contribution in [2.75, 3.05) is 11.1 Å². The SMILES string of the molecule is Cc1ccccc1-n1nnnc1SCC(=O)Nc1cc(C(F)(F)F)ccc1Cl. The number of para-hydroxylation sites is 1. The number of carbonyl (C=O) groups excluding carboxylic acids is 1. The molecule has 0 bridgehead atoms. The van der Waals surface area contributed by atoms with Crippen LogP contribution in [0.4, 0.5) is 18.9 Å². The highest BCUT2D eigenvalue weighted by Gasteiger charge is 2.31. The van der Waals surface area contributed by atoms with Crippen LogP contribution in [0.1, 0.15) is 11.1 Å². The van der Waals surface area contributed by atoms with Gasteiger partial charge in [-0.3, -0.25) is 4.79 Å². The first kappa shape index (κ1) is 20.2. The summed E-state index contributed by atoms with van der Waals surface area (Å²) >= 11 is 6.94. The van der Waals surface area contributed by atoms with Crippen LogP contribution in [0, 0.1) is 6.92 Å². The molecule has 6 nitrogen and oxygen atoms in total. The fourth-order valence-corrected chi connectivity index (χ4v) is 3.18. The number of nitrogens with one attached hydrogen (secondary N) is 1. The molecule has 0 radical (unpaired) electrons. The molecule has 1 heterocycles. The van der Waals surface area contributed by atoms with Gasteiger partial charge in [-0.25, -0.2) is 0 Å². The number of hydrogen-bond donors (Lipinski definition) is 1. The van der Waals surface area contributed by atoms with Crippen molar-refractivity contribution in [1.29, 1.82) is 0 Å². The van der Waals surface area contributed by atoms with Gasteiger partial charge in [0.15, 0.2) is 0 Å². The van der Waals surface area contributed by atoms with Gasteiger partial charge in [0.1, 0.15) is 0 Å². The minimum Gasteiger partial charge on any atom is -0.324 e. The van der Waals surface area contributed by atoms with Crippen LogP contribution >= 0.6 is 23.4 Å². The van der Waals surface area contributed by atoms with Gasteiger partial charge in [0.05, 0.1) is 27.7 Å². The Morgan fingerprint density at radius 1 is 1.25 bits per heavy atom. The summed E-state index contributed by atoms with van der Waals surface area (Å²) in [6.45, 7) is 1.90. The largest absolute Gasteiger partial charge is 0.416 e. The highest BCUT2D eigenvalue weighted by Crippen LogP contribution is 2.34. The van der Waals surface area contributed by atoms with Crippen LogP contribution in [-0.4, -0.2) is 31.9 Å². The second-order valence-corrected chi connectivity index (χ2v) is 7.04. The fourth-order valence-electron chi connectivity index (χ4n) is 2.33. The van der Waals surface area contributed by atoms with E-state index < -0.39 is 17.6 Å². The smallest absolute Gasteiger partial charge is 0.324 e. The zero-order valence-corrected chi connectivity index (χ0v) is 15.9. The number of carbonyl (C=O) groups is 1. The van der Waals surface area contributed by atoms with Crippen LogP contribution < -0.4 is 5.32 Å². The third-order valence-corrected chi connectivity index (χ3v) is 4.93. The van der Waals surface area contributed by atoms with Gasteiger partial charge in [0.25, 0.3) is 0 Å². The summed E-state index contributed by atoms with van der Waals surface area (Å²) in [5.74, 6) is -0.649. The maximum absolute atomic E-state index is 12.8. The summed E-state index contributed by atoms with van der Waals surface area (Å²) in [4.78, 5) is 12.2. The van der Waals surface area contributed by atoms with Crippen LogP contribution in [0.2, 0.25) is 5.02 Å². The number of rotatable bonds is 5. The van der Waals surface area contributed by atoms with Crippen molar-refractivity contribution >= 4 is 35.0 Å². The zero-order valence-electron chi connectivity index (χ0n) is 14.4. The normalized spacial score (nSPS) is 11.5. The Kier molecular flexibility index (Phi) is 5.90. The van der Waals surface area contributed by atoms with Crippen LogP contribution in [0.3, 0.4) is 0 Å². The number of nitrogens with zero attached hydrogens (tertiary/aromatic N) is 4. The molecule has 2 aromatic carbocycles. The number of anilines is 1. The second-order valence-electron chi connectivity index (χ2n) is 5.69. The van der Waals surface area contributed by atoms with Gasteiger partial charge in [-0.2, -0.15) is 17.9 Å². The van der Waals surface area contributed by atoms with Gasteiger partial charge in [-0.15, -0.1) is 5.10 Å². The van der Waals surface area contributed by atoms with E-state index in [9.17, 15) is 18.0 Å². The van der Waals surface area contributed by atoms with Crippen LogP contribution in [-0.2, 0) is 11.0 Å². The van der Waals surface area contributed by atoms with Crippen molar-refractivity contribution in [1.82, 2.24) is 20.2 Å². The van der Waals surface area contributed by atoms with Crippen LogP contribution in [0.25, 0.3) is 5.69 Å². The van der Waals surface area contributed by atoms with Gasteiger partial charge in [-0.05, 0) is 47.2 Å². The highest BCUT2D eigenvalue weighted by atomic mass is 35.5. The number of halogens is 4. The van der Waals surface area contributed by atoms with Crippen molar-refractivity contribution in [3.63, 3.8) is 0 Å². The maximum atomic E-state index is 12.8. The van der Waals surface area contributed by atoms with E-state index in [0.29, 0.717) is 5.16 Å². The van der Waals surface area contributed by atoms with E-state index in [-0.39, 0.29) is 16.5 Å². The number of amides is 1. The summed E-state index contributed by atoms with van der Waals surface area (Å²) in [6, 6.07) is 10.2. The molecule has 0 fully saturated rings. The predicted octanol–water partition coefficient (Wildman–Crippen LogP) is 4.37. The number of aryl methyl sites for hydroxylation is 1. The molecule has 28 heavy (non-hydrogen) atoms. The molecule has 0 saturated carbocycles. The van der Waals surface area contributed by atoms with Gasteiger partial charge in [0, 0.05) is 0 Å². The van der Waals surface area contributed by atoms with Gasteiger partial charge < -0.3 is 5.32 Å². The molecule has 1 N–H and O–H groups in total. The summed E-state index contributed by atoms with van der Waals surface area (Å²) in [7, 11) is 0.